The summed E-state index contributed by atoms with van der Waals surface area (Å²) in [5.41, 5.74) is 2.39. The van der Waals surface area contributed by atoms with Crippen LogP contribution in [-0.4, -0.2) is 48.2 Å². The lowest BCUT2D eigenvalue weighted by Gasteiger charge is -2.42. The second kappa shape index (κ2) is 7.38. The molecule has 1 aliphatic heterocycles. The highest BCUT2D eigenvalue weighted by Gasteiger charge is 2.35. The minimum atomic E-state index is -1.02. The molecule has 0 saturated carbocycles. The van der Waals surface area contributed by atoms with Crippen molar-refractivity contribution in [2.24, 2.45) is 0 Å². The zero-order chi connectivity index (χ0) is 20.6. The number of nitrogens with one attached hydrogen (secondary N) is 1. The number of hydrogen-bond acceptors (Lipinski definition) is 6. The molecule has 0 fully saturated rings. The number of rotatable bonds is 5. The molecule has 8 heteroatoms. The molecular formula is C20H24N4O4. The fourth-order valence-electron chi connectivity index (χ4n) is 3.49. The van der Waals surface area contributed by atoms with Gasteiger partial charge in [-0.15, -0.1) is 0 Å². The Labute approximate surface area is 163 Å². The maximum absolute atomic E-state index is 12.5. The van der Waals surface area contributed by atoms with Gasteiger partial charge in [0.2, 0.25) is 5.91 Å². The van der Waals surface area contributed by atoms with Crippen LogP contribution in [0.5, 0.6) is 5.75 Å². The molecule has 2 aromatic rings. The third-order valence-electron chi connectivity index (χ3n) is 4.87. The summed E-state index contributed by atoms with van der Waals surface area (Å²) in [6, 6.07) is 6.34. The molecule has 0 bridgehead atoms. The van der Waals surface area contributed by atoms with Crippen molar-refractivity contribution in [3.05, 3.63) is 36.0 Å². The molecule has 3 rings (SSSR count). The van der Waals surface area contributed by atoms with Crippen molar-refractivity contribution in [1.29, 1.82) is 0 Å². The van der Waals surface area contributed by atoms with E-state index in [0.29, 0.717) is 17.3 Å². The number of ether oxygens (including phenoxy) is 1. The average Bonchev–Trinajstić information content (AvgIpc) is 2.66. The molecule has 1 amide bonds. The van der Waals surface area contributed by atoms with Gasteiger partial charge in [0.25, 0.3) is 0 Å². The van der Waals surface area contributed by atoms with Gasteiger partial charge in [-0.3, -0.25) is 4.79 Å². The number of aromatic nitrogens is 1. The first kappa shape index (κ1) is 19.5. The summed E-state index contributed by atoms with van der Waals surface area (Å²) >= 11 is 0. The maximum Gasteiger partial charge on any atom is 0.335 e. The molecule has 1 aromatic heterocycles. The van der Waals surface area contributed by atoms with Crippen molar-refractivity contribution in [2.75, 3.05) is 29.3 Å². The Bertz CT molecular complexity index is 928. The van der Waals surface area contributed by atoms with E-state index in [4.69, 9.17) is 9.84 Å². The number of carbonyl (C=O) groups is 2. The summed E-state index contributed by atoms with van der Waals surface area (Å²) in [6.07, 6.45) is 1.66. The van der Waals surface area contributed by atoms with Crippen molar-refractivity contribution in [2.45, 2.75) is 32.9 Å². The summed E-state index contributed by atoms with van der Waals surface area (Å²) in [7, 11) is 3.23. The molecule has 2 heterocycles. The minimum absolute atomic E-state index is 0.0228. The lowest BCUT2D eigenvalue weighted by atomic mass is 10.1. The van der Waals surface area contributed by atoms with Gasteiger partial charge in [-0.25, -0.2) is 9.78 Å². The van der Waals surface area contributed by atoms with E-state index in [1.807, 2.05) is 26.8 Å². The molecule has 28 heavy (non-hydrogen) atoms. The van der Waals surface area contributed by atoms with Gasteiger partial charge in [-0.05, 0) is 39.0 Å². The monoisotopic (exact) mass is 384 g/mol. The summed E-state index contributed by atoms with van der Waals surface area (Å²) in [5.74, 6) is -0.0258. The molecule has 1 aromatic carbocycles. The summed E-state index contributed by atoms with van der Waals surface area (Å²) in [4.78, 5) is 31.8. The predicted molar refractivity (Wildman–Crippen MR) is 108 cm³/mol. The molecule has 0 spiro atoms. The van der Waals surface area contributed by atoms with Crippen LogP contribution in [0.4, 0.5) is 22.9 Å². The zero-order valence-electron chi connectivity index (χ0n) is 16.6. The van der Waals surface area contributed by atoms with E-state index in [0.717, 1.165) is 11.4 Å². The Kier molecular flexibility index (Phi) is 5.13. The molecule has 8 nitrogen and oxygen atoms in total. The third kappa shape index (κ3) is 3.33. The number of carboxylic acids is 1. The number of carbonyl (C=O) groups excluding carboxylic acids is 1. The Hall–Kier alpha value is -3.29. The number of carboxylic acid groups (broad SMARTS) is 1. The number of likely N-dealkylation sites (N-methyl/N-ethyl adjacent to an activating group) is 1. The van der Waals surface area contributed by atoms with Crippen LogP contribution < -0.4 is 19.9 Å². The molecule has 1 atom stereocenters. The van der Waals surface area contributed by atoms with Crippen LogP contribution in [0.1, 0.15) is 31.1 Å². The SMILES string of the molecule is COc1cc(C(=O)O)ccc1Nc1cc2c(cn1)N(C)C(=O)C(C)N2C(C)C. The van der Waals surface area contributed by atoms with Gasteiger partial charge >= 0.3 is 5.97 Å². The van der Waals surface area contributed by atoms with E-state index in [-0.39, 0.29) is 23.6 Å². The van der Waals surface area contributed by atoms with Gasteiger partial charge in [0.15, 0.2) is 0 Å². The molecule has 1 unspecified atom stereocenters. The van der Waals surface area contributed by atoms with Crippen LogP contribution >= 0.6 is 0 Å². The van der Waals surface area contributed by atoms with E-state index < -0.39 is 5.97 Å². The number of benzene rings is 1. The largest absolute Gasteiger partial charge is 0.495 e. The Morgan fingerprint density at radius 3 is 2.61 bits per heavy atom. The number of hydrogen-bond donors (Lipinski definition) is 2. The summed E-state index contributed by atoms with van der Waals surface area (Å²) in [5, 5.41) is 12.3. The summed E-state index contributed by atoms with van der Waals surface area (Å²) in [6.45, 7) is 5.98. The average molecular weight is 384 g/mol. The molecule has 0 aliphatic carbocycles. The van der Waals surface area contributed by atoms with Crippen molar-refractivity contribution in [3.63, 3.8) is 0 Å². The quantitative estimate of drug-likeness (QED) is 0.818. The normalized spacial score (nSPS) is 16.2. The van der Waals surface area contributed by atoms with E-state index in [9.17, 15) is 9.59 Å². The molecular weight excluding hydrogens is 360 g/mol. The molecule has 2 N–H and O–H groups in total. The minimum Gasteiger partial charge on any atom is -0.495 e. The van der Waals surface area contributed by atoms with Crippen LogP contribution in [0.25, 0.3) is 0 Å². The summed E-state index contributed by atoms with van der Waals surface area (Å²) < 4.78 is 5.31. The highest BCUT2D eigenvalue weighted by atomic mass is 16.5. The topological polar surface area (TPSA) is 95.0 Å². The van der Waals surface area contributed by atoms with Crippen molar-refractivity contribution in [3.8, 4) is 5.75 Å². The Morgan fingerprint density at radius 1 is 1.29 bits per heavy atom. The molecule has 0 radical (unpaired) electrons. The van der Waals surface area contributed by atoms with Gasteiger partial charge in [0, 0.05) is 19.2 Å². The molecule has 0 saturated heterocycles. The lowest BCUT2D eigenvalue weighted by Crippen LogP contribution is -2.53. The highest BCUT2D eigenvalue weighted by Crippen LogP contribution is 2.38. The van der Waals surface area contributed by atoms with Gasteiger partial charge in [0.05, 0.1) is 35.9 Å². The van der Waals surface area contributed by atoms with E-state index in [1.54, 1.807) is 24.2 Å². The zero-order valence-corrected chi connectivity index (χ0v) is 16.6. The fraction of sp³-hybridized carbons (Fsp3) is 0.350. The lowest BCUT2D eigenvalue weighted by molar-refractivity contribution is -0.119. The smallest absolute Gasteiger partial charge is 0.335 e. The fourth-order valence-corrected chi connectivity index (χ4v) is 3.49. The van der Waals surface area contributed by atoms with E-state index in [2.05, 4.69) is 15.2 Å². The highest BCUT2D eigenvalue weighted by molar-refractivity contribution is 6.05. The Balaban J connectivity index is 2.00. The van der Waals surface area contributed by atoms with E-state index in [1.165, 1.54) is 19.2 Å². The van der Waals surface area contributed by atoms with Crippen molar-refractivity contribution in [1.82, 2.24) is 4.98 Å². The van der Waals surface area contributed by atoms with Crippen molar-refractivity contribution < 1.29 is 19.4 Å². The number of amides is 1. The van der Waals surface area contributed by atoms with Gasteiger partial charge in [-0.1, -0.05) is 0 Å². The first-order chi connectivity index (χ1) is 13.2. The van der Waals surface area contributed by atoms with Crippen LogP contribution in [-0.2, 0) is 4.79 Å². The number of nitrogens with zero attached hydrogens (tertiary/aromatic N) is 3. The van der Waals surface area contributed by atoms with Crippen LogP contribution in [0.3, 0.4) is 0 Å². The second-order valence-corrected chi connectivity index (χ2v) is 6.98. The third-order valence-corrected chi connectivity index (χ3v) is 4.87. The van der Waals surface area contributed by atoms with Crippen LogP contribution in [0, 0.1) is 0 Å². The number of anilines is 4. The van der Waals surface area contributed by atoms with Crippen LogP contribution in [0.2, 0.25) is 0 Å². The van der Waals surface area contributed by atoms with E-state index >= 15 is 0 Å². The first-order valence-corrected chi connectivity index (χ1v) is 8.99. The van der Waals surface area contributed by atoms with Crippen LogP contribution in [0.15, 0.2) is 30.5 Å². The maximum atomic E-state index is 12.5. The predicted octanol–water partition coefficient (Wildman–Crippen LogP) is 3.11. The standard InChI is InChI=1S/C20H24N4O4/c1-11(2)24-12(3)19(25)23(4)16-10-21-18(9-15(16)24)22-14-7-6-13(20(26)27)8-17(14)28-5/h6-12H,1-5H3,(H,21,22)(H,26,27). The molecule has 148 valence electrons. The number of aromatic carboxylic acids is 1. The Morgan fingerprint density at radius 2 is 2.00 bits per heavy atom. The second-order valence-electron chi connectivity index (χ2n) is 6.98. The van der Waals surface area contributed by atoms with Crippen molar-refractivity contribution >= 4 is 34.8 Å². The number of methoxy groups -OCH3 is 1. The van der Waals surface area contributed by atoms with Gasteiger partial charge in [0.1, 0.15) is 17.6 Å². The number of fused-ring (bicyclic) bond motifs is 1. The first-order valence-electron chi connectivity index (χ1n) is 8.99. The van der Waals surface area contributed by atoms with Gasteiger partial charge in [-0.2, -0.15) is 0 Å². The molecule has 1 aliphatic rings. The van der Waals surface area contributed by atoms with Gasteiger partial charge < -0.3 is 25.0 Å². The number of pyridine rings is 1.